The molecule has 1 aliphatic heterocycles. The van der Waals surface area contributed by atoms with Crippen LogP contribution < -0.4 is 10.2 Å². The van der Waals surface area contributed by atoms with Crippen molar-refractivity contribution in [3.63, 3.8) is 0 Å². The minimum absolute atomic E-state index is 0.0202. The third-order valence-electron chi connectivity index (χ3n) is 4.54. The number of benzene rings is 2. The van der Waals surface area contributed by atoms with Crippen molar-refractivity contribution < 1.29 is 22.8 Å². The third kappa shape index (κ3) is 3.97. The molecule has 0 saturated heterocycles. The fourth-order valence-corrected chi connectivity index (χ4v) is 3.25. The van der Waals surface area contributed by atoms with Crippen molar-refractivity contribution in [2.75, 3.05) is 16.8 Å². The van der Waals surface area contributed by atoms with E-state index >= 15 is 0 Å². The van der Waals surface area contributed by atoms with Gasteiger partial charge in [0, 0.05) is 24.3 Å². The molecule has 0 unspecified atom stereocenters. The van der Waals surface area contributed by atoms with E-state index in [1.165, 1.54) is 12.1 Å². The number of hydrogen-bond acceptors (Lipinski definition) is 2. The Labute approximate surface area is 155 Å². The summed E-state index contributed by atoms with van der Waals surface area (Å²) in [5.74, 6) is -0.799. The summed E-state index contributed by atoms with van der Waals surface area (Å²) >= 11 is 0. The second-order valence-corrected chi connectivity index (χ2v) is 6.34. The van der Waals surface area contributed by atoms with Crippen LogP contribution in [-0.2, 0) is 17.4 Å². The fraction of sp³-hybridized carbons (Fsp3) is 0.300. The smallest absolute Gasteiger partial charge is 0.322 e. The van der Waals surface area contributed by atoms with Crippen LogP contribution in [0, 0.1) is 0 Å². The molecule has 0 bridgehead atoms. The van der Waals surface area contributed by atoms with Gasteiger partial charge in [-0.3, -0.25) is 9.59 Å². The van der Waals surface area contributed by atoms with Crippen LogP contribution in [-0.4, -0.2) is 18.4 Å². The van der Waals surface area contributed by atoms with E-state index in [1.807, 2.05) is 0 Å². The van der Waals surface area contributed by atoms with E-state index in [0.717, 1.165) is 36.2 Å². The monoisotopic (exact) mass is 376 g/mol. The van der Waals surface area contributed by atoms with Crippen molar-refractivity contribution in [3.8, 4) is 0 Å². The predicted octanol–water partition coefficient (Wildman–Crippen LogP) is 4.65. The highest BCUT2D eigenvalue weighted by atomic mass is 19.4. The van der Waals surface area contributed by atoms with Crippen LogP contribution in [0.15, 0.2) is 42.5 Å². The van der Waals surface area contributed by atoms with Crippen molar-refractivity contribution >= 4 is 23.2 Å². The molecule has 2 amide bonds. The quantitative estimate of drug-likeness (QED) is 0.848. The number of nitrogens with one attached hydrogen (secondary N) is 1. The molecule has 4 nitrogen and oxygen atoms in total. The Hall–Kier alpha value is -2.83. The largest absolute Gasteiger partial charge is 0.417 e. The molecular formula is C20H19F3N2O2. The molecule has 1 heterocycles. The lowest BCUT2D eigenvalue weighted by atomic mass is 10.00. The molecule has 1 N–H and O–H groups in total. The van der Waals surface area contributed by atoms with E-state index in [2.05, 4.69) is 5.32 Å². The number of aryl methyl sites for hydroxylation is 1. The van der Waals surface area contributed by atoms with Gasteiger partial charge < -0.3 is 10.2 Å². The van der Waals surface area contributed by atoms with Crippen LogP contribution in [0.1, 0.15) is 41.3 Å². The minimum Gasteiger partial charge on any atom is -0.322 e. The lowest BCUT2D eigenvalue weighted by Gasteiger charge is -2.29. The van der Waals surface area contributed by atoms with E-state index in [0.29, 0.717) is 18.7 Å². The topological polar surface area (TPSA) is 49.4 Å². The summed E-state index contributed by atoms with van der Waals surface area (Å²) in [6.07, 6.45) is -2.67. The lowest BCUT2D eigenvalue weighted by Crippen LogP contribution is -2.34. The molecule has 1 aliphatic rings. The molecule has 0 spiro atoms. The van der Waals surface area contributed by atoms with Crippen molar-refractivity contribution in [1.82, 2.24) is 0 Å². The Bertz CT molecular complexity index is 878. The van der Waals surface area contributed by atoms with Crippen molar-refractivity contribution in [3.05, 3.63) is 59.2 Å². The zero-order valence-electron chi connectivity index (χ0n) is 14.8. The van der Waals surface area contributed by atoms with E-state index < -0.39 is 23.2 Å². The van der Waals surface area contributed by atoms with Crippen LogP contribution in [0.25, 0.3) is 0 Å². The number of nitrogens with zero attached hydrogens (tertiary/aromatic N) is 1. The molecule has 0 fully saturated rings. The average Bonchev–Trinajstić information content (AvgIpc) is 2.66. The second-order valence-electron chi connectivity index (χ2n) is 6.34. The van der Waals surface area contributed by atoms with Gasteiger partial charge in [-0.2, -0.15) is 13.2 Å². The minimum atomic E-state index is -4.61. The number of carbonyl (C=O) groups excluding carboxylic acids is 2. The Morgan fingerprint density at radius 2 is 1.89 bits per heavy atom. The van der Waals surface area contributed by atoms with Gasteiger partial charge in [-0.1, -0.05) is 19.1 Å². The van der Waals surface area contributed by atoms with Crippen molar-refractivity contribution in [2.45, 2.75) is 32.4 Å². The number of hydrogen-bond donors (Lipinski definition) is 1. The fourth-order valence-electron chi connectivity index (χ4n) is 3.25. The third-order valence-corrected chi connectivity index (χ3v) is 4.54. The Kier molecular flexibility index (Phi) is 5.21. The first-order valence-electron chi connectivity index (χ1n) is 8.72. The summed E-state index contributed by atoms with van der Waals surface area (Å²) in [5.41, 5.74) is 0.693. The molecule has 0 aromatic heterocycles. The van der Waals surface area contributed by atoms with Gasteiger partial charge in [-0.15, -0.1) is 0 Å². The number of halogens is 3. The molecule has 2 aromatic rings. The van der Waals surface area contributed by atoms with E-state index in [1.54, 1.807) is 30.0 Å². The van der Waals surface area contributed by atoms with Crippen LogP contribution in [0.5, 0.6) is 0 Å². The van der Waals surface area contributed by atoms with Gasteiger partial charge in [0.15, 0.2) is 0 Å². The van der Waals surface area contributed by atoms with Crippen LogP contribution in [0.2, 0.25) is 0 Å². The maximum absolute atomic E-state index is 13.1. The summed E-state index contributed by atoms with van der Waals surface area (Å²) in [6.45, 7) is 2.44. The molecule has 3 rings (SSSR count). The van der Waals surface area contributed by atoms with Gasteiger partial charge >= 0.3 is 6.18 Å². The van der Waals surface area contributed by atoms with E-state index in [-0.39, 0.29) is 5.91 Å². The molecule has 0 atom stereocenters. The Morgan fingerprint density at radius 1 is 1.15 bits per heavy atom. The number of anilines is 2. The first-order chi connectivity index (χ1) is 12.8. The summed E-state index contributed by atoms with van der Waals surface area (Å²) in [6, 6.07) is 9.73. The normalized spacial score (nSPS) is 13.9. The highest BCUT2D eigenvalue weighted by Crippen LogP contribution is 2.33. The lowest BCUT2D eigenvalue weighted by molar-refractivity contribution is -0.137. The Morgan fingerprint density at radius 3 is 2.59 bits per heavy atom. The van der Waals surface area contributed by atoms with Crippen LogP contribution in [0.3, 0.4) is 0 Å². The number of alkyl halides is 3. The number of rotatable bonds is 3. The van der Waals surface area contributed by atoms with Gasteiger partial charge in [0.05, 0.1) is 11.1 Å². The standard InChI is InChI=1S/C20H19F3N2O2/c1-2-18(26)25-11-5-6-13-12-14(9-10-17(13)25)24-19(27)15-7-3-4-8-16(15)20(21,22)23/h3-4,7-10,12H,2,5-6,11H2,1H3,(H,24,27). The molecule has 7 heteroatoms. The number of fused-ring (bicyclic) bond motifs is 1. The van der Waals surface area contributed by atoms with Gasteiger partial charge in [-0.05, 0) is 48.7 Å². The zero-order valence-corrected chi connectivity index (χ0v) is 14.8. The van der Waals surface area contributed by atoms with Gasteiger partial charge in [0.2, 0.25) is 5.91 Å². The van der Waals surface area contributed by atoms with Crippen molar-refractivity contribution in [1.29, 1.82) is 0 Å². The summed E-state index contributed by atoms with van der Waals surface area (Å²) in [5, 5.41) is 2.54. The molecular weight excluding hydrogens is 357 g/mol. The maximum Gasteiger partial charge on any atom is 0.417 e. The summed E-state index contributed by atoms with van der Waals surface area (Å²) in [7, 11) is 0. The predicted molar refractivity (Wildman–Crippen MR) is 96.8 cm³/mol. The molecule has 0 saturated carbocycles. The molecule has 27 heavy (non-hydrogen) atoms. The van der Waals surface area contributed by atoms with Gasteiger partial charge in [-0.25, -0.2) is 0 Å². The molecule has 2 aromatic carbocycles. The van der Waals surface area contributed by atoms with Gasteiger partial charge in [0.25, 0.3) is 5.91 Å². The van der Waals surface area contributed by atoms with E-state index in [4.69, 9.17) is 0 Å². The number of carbonyl (C=O) groups is 2. The molecule has 142 valence electrons. The summed E-state index contributed by atoms with van der Waals surface area (Å²) in [4.78, 5) is 26.2. The second kappa shape index (κ2) is 7.42. The van der Waals surface area contributed by atoms with Crippen molar-refractivity contribution in [2.24, 2.45) is 0 Å². The molecule has 0 aliphatic carbocycles. The first-order valence-corrected chi connectivity index (χ1v) is 8.72. The zero-order chi connectivity index (χ0) is 19.6. The Balaban J connectivity index is 1.86. The van der Waals surface area contributed by atoms with Crippen LogP contribution in [0.4, 0.5) is 24.5 Å². The van der Waals surface area contributed by atoms with E-state index in [9.17, 15) is 22.8 Å². The highest BCUT2D eigenvalue weighted by molar-refractivity contribution is 6.05. The maximum atomic E-state index is 13.1. The van der Waals surface area contributed by atoms with Crippen LogP contribution >= 0.6 is 0 Å². The molecule has 0 radical (unpaired) electrons. The number of amides is 2. The SMILES string of the molecule is CCC(=O)N1CCCc2cc(NC(=O)c3ccccc3C(F)(F)F)ccc21. The highest BCUT2D eigenvalue weighted by Gasteiger charge is 2.34. The van der Waals surface area contributed by atoms with Gasteiger partial charge in [0.1, 0.15) is 0 Å². The summed E-state index contributed by atoms with van der Waals surface area (Å²) < 4.78 is 39.3. The first kappa shape index (κ1) is 18.9. The average molecular weight is 376 g/mol.